The van der Waals surface area contributed by atoms with E-state index in [0.717, 1.165) is 29.4 Å². The highest BCUT2D eigenvalue weighted by molar-refractivity contribution is 6.30. The van der Waals surface area contributed by atoms with Crippen molar-refractivity contribution >= 4 is 11.6 Å². The predicted octanol–water partition coefficient (Wildman–Crippen LogP) is 4.35. The summed E-state index contributed by atoms with van der Waals surface area (Å²) in [5.74, 6) is 2.06. The SMILES string of the molecule is CCOc1ccc(Cl)cc1C(CN)N(CC(C)C)CC(C)C. The Morgan fingerprint density at radius 2 is 1.73 bits per heavy atom. The molecular weight excluding hydrogens is 296 g/mol. The minimum absolute atomic E-state index is 0.130. The highest BCUT2D eigenvalue weighted by atomic mass is 35.5. The van der Waals surface area contributed by atoms with Crippen molar-refractivity contribution in [2.24, 2.45) is 17.6 Å². The third-order valence-electron chi connectivity index (χ3n) is 3.49. The molecule has 126 valence electrons. The van der Waals surface area contributed by atoms with E-state index in [1.807, 2.05) is 25.1 Å². The van der Waals surface area contributed by atoms with Crippen LogP contribution >= 0.6 is 11.6 Å². The van der Waals surface area contributed by atoms with Crippen LogP contribution in [-0.4, -0.2) is 31.1 Å². The van der Waals surface area contributed by atoms with E-state index >= 15 is 0 Å². The maximum Gasteiger partial charge on any atom is 0.124 e. The molecule has 0 saturated carbocycles. The first-order valence-corrected chi connectivity index (χ1v) is 8.63. The molecule has 0 radical (unpaired) electrons. The first kappa shape index (κ1) is 19.3. The molecule has 0 bridgehead atoms. The van der Waals surface area contributed by atoms with Crippen molar-refractivity contribution in [3.63, 3.8) is 0 Å². The summed E-state index contributed by atoms with van der Waals surface area (Å²) >= 11 is 6.22. The second-order valence-electron chi connectivity index (χ2n) is 6.61. The molecule has 1 atom stereocenters. The van der Waals surface area contributed by atoms with E-state index in [0.29, 0.717) is 25.0 Å². The monoisotopic (exact) mass is 326 g/mol. The van der Waals surface area contributed by atoms with Crippen LogP contribution in [0.5, 0.6) is 5.75 Å². The van der Waals surface area contributed by atoms with Crippen LogP contribution in [0.15, 0.2) is 18.2 Å². The molecule has 2 N–H and O–H groups in total. The fraction of sp³-hybridized carbons (Fsp3) is 0.667. The molecule has 0 aliphatic rings. The molecule has 3 nitrogen and oxygen atoms in total. The van der Waals surface area contributed by atoms with Crippen LogP contribution in [0.1, 0.15) is 46.2 Å². The van der Waals surface area contributed by atoms with E-state index in [-0.39, 0.29) is 6.04 Å². The van der Waals surface area contributed by atoms with Crippen LogP contribution in [0.2, 0.25) is 5.02 Å². The number of ether oxygens (including phenoxy) is 1. The van der Waals surface area contributed by atoms with Gasteiger partial charge in [-0.05, 0) is 37.0 Å². The molecule has 0 heterocycles. The molecule has 4 heteroatoms. The van der Waals surface area contributed by atoms with Gasteiger partial charge in [-0.2, -0.15) is 0 Å². The van der Waals surface area contributed by atoms with Gasteiger partial charge in [0.2, 0.25) is 0 Å². The minimum Gasteiger partial charge on any atom is -0.494 e. The van der Waals surface area contributed by atoms with Gasteiger partial charge in [0, 0.05) is 30.2 Å². The topological polar surface area (TPSA) is 38.5 Å². The number of hydrogen-bond acceptors (Lipinski definition) is 3. The molecule has 1 aromatic carbocycles. The maximum atomic E-state index is 6.22. The highest BCUT2D eigenvalue weighted by Gasteiger charge is 2.24. The fourth-order valence-electron chi connectivity index (χ4n) is 2.81. The van der Waals surface area contributed by atoms with Gasteiger partial charge in [0.25, 0.3) is 0 Å². The second-order valence-corrected chi connectivity index (χ2v) is 7.04. The summed E-state index contributed by atoms with van der Waals surface area (Å²) in [5, 5.41) is 0.728. The second kappa shape index (κ2) is 9.39. The van der Waals surface area contributed by atoms with E-state index in [1.165, 1.54) is 0 Å². The van der Waals surface area contributed by atoms with Crippen LogP contribution in [0, 0.1) is 11.8 Å². The predicted molar refractivity (Wildman–Crippen MR) is 95.7 cm³/mol. The summed E-state index contributed by atoms with van der Waals surface area (Å²) < 4.78 is 5.79. The average Bonchev–Trinajstić information content (AvgIpc) is 2.41. The quantitative estimate of drug-likeness (QED) is 0.733. The first-order chi connectivity index (χ1) is 10.4. The third kappa shape index (κ3) is 5.79. The number of benzene rings is 1. The van der Waals surface area contributed by atoms with Crippen molar-refractivity contribution in [2.75, 3.05) is 26.2 Å². The number of halogens is 1. The number of nitrogens with two attached hydrogens (primary N) is 1. The van der Waals surface area contributed by atoms with E-state index in [1.54, 1.807) is 0 Å². The molecule has 0 aliphatic heterocycles. The maximum absolute atomic E-state index is 6.22. The molecule has 0 amide bonds. The van der Waals surface area contributed by atoms with Gasteiger partial charge in [-0.25, -0.2) is 0 Å². The lowest BCUT2D eigenvalue weighted by Gasteiger charge is -2.34. The molecule has 0 fully saturated rings. The molecular formula is C18H31ClN2O. The summed E-state index contributed by atoms with van der Waals surface area (Å²) in [6.45, 7) is 14.2. The summed E-state index contributed by atoms with van der Waals surface area (Å²) in [6.07, 6.45) is 0. The zero-order valence-electron chi connectivity index (χ0n) is 14.6. The number of nitrogens with zero attached hydrogens (tertiary/aromatic N) is 1. The van der Waals surface area contributed by atoms with Crippen LogP contribution in [-0.2, 0) is 0 Å². The normalized spacial score (nSPS) is 13.2. The van der Waals surface area contributed by atoms with Crippen molar-refractivity contribution in [2.45, 2.75) is 40.7 Å². The van der Waals surface area contributed by atoms with Gasteiger partial charge in [-0.3, -0.25) is 4.90 Å². The lowest BCUT2D eigenvalue weighted by molar-refractivity contribution is 0.157. The summed E-state index contributed by atoms with van der Waals surface area (Å²) in [6, 6.07) is 5.95. The molecule has 0 saturated heterocycles. The molecule has 0 aliphatic carbocycles. The lowest BCUT2D eigenvalue weighted by atomic mass is 10.0. The van der Waals surface area contributed by atoms with Crippen molar-refractivity contribution in [3.8, 4) is 5.75 Å². The Kier molecular flexibility index (Phi) is 8.23. The van der Waals surface area contributed by atoms with Gasteiger partial charge in [-0.15, -0.1) is 0 Å². The molecule has 0 aromatic heterocycles. The Balaban J connectivity index is 3.16. The van der Waals surface area contributed by atoms with Crippen LogP contribution in [0.3, 0.4) is 0 Å². The van der Waals surface area contributed by atoms with E-state index in [2.05, 4.69) is 32.6 Å². The zero-order chi connectivity index (χ0) is 16.7. The van der Waals surface area contributed by atoms with Gasteiger partial charge in [0.05, 0.1) is 12.6 Å². The first-order valence-electron chi connectivity index (χ1n) is 8.25. The molecule has 22 heavy (non-hydrogen) atoms. The minimum atomic E-state index is 0.130. The Bertz CT molecular complexity index is 439. The van der Waals surface area contributed by atoms with Gasteiger partial charge >= 0.3 is 0 Å². The van der Waals surface area contributed by atoms with Crippen molar-refractivity contribution < 1.29 is 4.74 Å². The van der Waals surface area contributed by atoms with Crippen molar-refractivity contribution in [1.29, 1.82) is 0 Å². The fourth-order valence-corrected chi connectivity index (χ4v) is 2.99. The molecule has 1 aromatic rings. The Hall–Kier alpha value is -0.770. The van der Waals surface area contributed by atoms with Crippen molar-refractivity contribution in [3.05, 3.63) is 28.8 Å². The number of rotatable bonds is 9. The third-order valence-corrected chi connectivity index (χ3v) is 3.73. The van der Waals surface area contributed by atoms with Gasteiger partial charge in [-0.1, -0.05) is 39.3 Å². The molecule has 1 unspecified atom stereocenters. The lowest BCUT2D eigenvalue weighted by Crippen LogP contribution is -2.38. The zero-order valence-corrected chi connectivity index (χ0v) is 15.4. The summed E-state index contributed by atoms with van der Waals surface area (Å²) in [4.78, 5) is 2.46. The molecule has 0 spiro atoms. The standard InChI is InChI=1S/C18H31ClN2O/c1-6-22-18-8-7-15(19)9-16(18)17(10-20)21(11-13(2)3)12-14(4)5/h7-9,13-14,17H,6,10-12,20H2,1-5H3. The van der Waals surface area contributed by atoms with Gasteiger partial charge < -0.3 is 10.5 Å². The van der Waals surface area contributed by atoms with E-state index in [4.69, 9.17) is 22.1 Å². The van der Waals surface area contributed by atoms with Crippen molar-refractivity contribution in [1.82, 2.24) is 4.90 Å². The summed E-state index contributed by atoms with van der Waals surface area (Å²) in [5.41, 5.74) is 7.23. The number of hydrogen-bond donors (Lipinski definition) is 1. The van der Waals surface area contributed by atoms with Crippen LogP contribution in [0.4, 0.5) is 0 Å². The Labute approximate surface area is 140 Å². The van der Waals surface area contributed by atoms with Crippen LogP contribution in [0.25, 0.3) is 0 Å². The largest absolute Gasteiger partial charge is 0.494 e. The Morgan fingerprint density at radius 1 is 1.14 bits per heavy atom. The van der Waals surface area contributed by atoms with Gasteiger partial charge in [0.1, 0.15) is 5.75 Å². The summed E-state index contributed by atoms with van der Waals surface area (Å²) in [7, 11) is 0. The average molecular weight is 327 g/mol. The highest BCUT2D eigenvalue weighted by Crippen LogP contribution is 2.32. The van der Waals surface area contributed by atoms with Gasteiger partial charge in [0.15, 0.2) is 0 Å². The Morgan fingerprint density at radius 3 is 2.18 bits per heavy atom. The van der Waals surface area contributed by atoms with Crippen LogP contribution < -0.4 is 10.5 Å². The molecule has 1 rings (SSSR count). The van der Waals surface area contributed by atoms with E-state index in [9.17, 15) is 0 Å². The van der Waals surface area contributed by atoms with E-state index < -0.39 is 0 Å². The smallest absolute Gasteiger partial charge is 0.124 e.